The van der Waals surface area contributed by atoms with Gasteiger partial charge in [-0.2, -0.15) is 0 Å². The Balaban J connectivity index is 1.90. The van der Waals surface area contributed by atoms with Crippen molar-refractivity contribution in [3.63, 3.8) is 0 Å². The van der Waals surface area contributed by atoms with Gasteiger partial charge < -0.3 is 10.1 Å². The van der Waals surface area contributed by atoms with Crippen LogP contribution in [0.3, 0.4) is 0 Å². The second-order valence-corrected chi connectivity index (χ2v) is 4.34. The van der Waals surface area contributed by atoms with Gasteiger partial charge in [-0.1, -0.05) is 23.7 Å². The number of methoxy groups -OCH3 is 1. The molecule has 0 fully saturated rings. The molecule has 7 heteroatoms. The zero-order valence-electron chi connectivity index (χ0n) is 10.8. The number of benzene rings is 1. The minimum atomic E-state index is -0.582. The molecule has 1 aromatic carbocycles. The van der Waals surface area contributed by atoms with Crippen LogP contribution in [0.1, 0.15) is 5.56 Å². The predicted octanol–water partition coefficient (Wildman–Crippen LogP) is 2.92. The molecule has 0 aliphatic rings. The Hall–Kier alpha value is -2.34. The van der Waals surface area contributed by atoms with Crippen molar-refractivity contribution in [2.24, 2.45) is 0 Å². The molecule has 20 heavy (non-hydrogen) atoms. The topological polar surface area (TPSA) is 76.1 Å². The number of anilines is 2. The first-order chi connectivity index (χ1) is 9.67. The maximum absolute atomic E-state index is 11.0. The molecule has 2 N–H and O–H groups in total. The summed E-state index contributed by atoms with van der Waals surface area (Å²) in [7, 11) is 1.28. The molecule has 6 nitrogen and oxygen atoms in total. The SMILES string of the molecule is COC(=O)Nc1ccc(NCc2ccc(Cl)cc2)nn1. The van der Waals surface area contributed by atoms with Crippen molar-refractivity contribution in [2.45, 2.75) is 6.54 Å². The molecule has 0 aliphatic heterocycles. The summed E-state index contributed by atoms with van der Waals surface area (Å²) in [5, 5.41) is 14.0. The largest absolute Gasteiger partial charge is 0.453 e. The molecule has 0 saturated carbocycles. The van der Waals surface area contributed by atoms with Crippen LogP contribution in [0.5, 0.6) is 0 Å². The second-order valence-electron chi connectivity index (χ2n) is 3.90. The van der Waals surface area contributed by atoms with E-state index in [2.05, 4.69) is 25.6 Å². The first kappa shape index (κ1) is 14.1. The lowest BCUT2D eigenvalue weighted by Gasteiger charge is -2.06. The summed E-state index contributed by atoms with van der Waals surface area (Å²) in [6.07, 6.45) is -0.582. The number of carbonyl (C=O) groups is 1. The highest BCUT2D eigenvalue weighted by Crippen LogP contribution is 2.11. The van der Waals surface area contributed by atoms with Crippen LogP contribution in [-0.4, -0.2) is 23.4 Å². The average Bonchev–Trinajstić information content (AvgIpc) is 2.48. The van der Waals surface area contributed by atoms with Crippen LogP contribution in [0, 0.1) is 0 Å². The van der Waals surface area contributed by atoms with E-state index in [-0.39, 0.29) is 0 Å². The molecule has 0 unspecified atom stereocenters. The molecule has 104 valence electrons. The summed E-state index contributed by atoms with van der Waals surface area (Å²) in [6, 6.07) is 10.9. The fourth-order valence-electron chi connectivity index (χ4n) is 1.44. The number of amides is 1. The van der Waals surface area contributed by atoms with E-state index in [4.69, 9.17) is 11.6 Å². The molecule has 0 aliphatic carbocycles. The van der Waals surface area contributed by atoms with Gasteiger partial charge in [-0.25, -0.2) is 4.79 Å². The lowest BCUT2D eigenvalue weighted by atomic mass is 10.2. The first-order valence-corrected chi connectivity index (χ1v) is 6.22. The van der Waals surface area contributed by atoms with E-state index in [1.807, 2.05) is 24.3 Å². The first-order valence-electron chi connectivity index (χ1n) is 5.84. The number of rotatable bonds is 4. The standard InChI is InChI=1S/C13H13ClN4O2/c1-20-13(19)16-12-7-6-11(17-18-12)15-8-9-2-4-10(14)5-3-9/h2-7H,8H2,1H3,(H,15,17)(H,16,18,19). The van der Waals surface area contributed by atoms with Crippen molar-refractivity contribution < 1.29 is 9.53 Å². The summed E-state index contributed by atoms with van der Waals surface area (Å²) in [5.74, 6) is 0.934. The fraction of sp³-hybridized carbons (Fsp3) is 0.154. The lowest BCUT2D eigenvalue weighted by Crippen LogP contribution is -2.13. The molecule has 2 rings (SSSR count). The third-order valence-corrected chi connectivity index (χ3v) is 2.72. The predicted molar refractivity (Wildman–Crippen MR) is 76.8 cm³/mol. The van der Waals surface area contributed by atoms with Gasteiger partial charge in [-0.15, -0.1) is 10.2 Å². The highest BCUT2D eigenvalue weighted by Gasteiger charge is 2.02. The van der Waals surface area contributed by atoms with E-state index in [0.29, 0.717) is 23.2 Å². The van der Waals surface area contributed by atoms with Gasteiger partial charge in [-0.3, -0.25) is 5.32 Å². The Morgan fingerprint density at radius 2 is 1.80 bits per heavy atom. The number of ether oxygens (including phenoxy) is 1. The summed E-state index contributed by atoms with van der Waals surface area (Å²) in [5.41, 5.74) is 1.08. The summed E-state index contributed by atoms with van der Waals surface area (Å²) >= 11 is 5.81. The molecule has 0 atom stereocenters. The molecule has 0 bridgehead atoms. The van der Waals surface area contributed by atoms with E-state index in [1.54, 1.807) is 12.1 Å². The van der Waals surface area contributed by atoms with E-state index < -0.39 is 6.09 Å². The van der Waals surface area contributed by atoms with Crippen LogP contribution in [-0.2, 0) is 11.3 Å². The van der Waals surface area contributed by atoms with Gasteiger partial charge in [0.25, 0.3) is 0 Å². The number of hydrogen-bond acceptors (Lipinski definition) is 5. The van der Waals surface area contributed by atoms with Crippen molar-refractivity contribution in [3.8, 4) is 0 Å². The molecule has 1 aromatic heterocycles. The highest BCUT2D eigenvalue weighted by atomic mass is 35.5. The highest BCUT2D eigenvalue weighted by molar-refractivity contribution is 6.30. The molecule has 1 heterocycles. The van der Waals surface area contributed by atoms with Crippen molar-refractivity contribution in [3.05, 3.63) is 47.0 Å². The van der Waals surface area contributed by atoms with Gasteiger partial charge in [0.05, 0.1) is 7.11 Å². The second kappa shape index (κ2) is 6.72. The molecule has 1 amide bonds. The van der Waals surface area contributed by atoms with Gasteiger partial charge in [0.2, 0.25) is 0 Å². The normalized spacial score (nSPS) is 9.90. The number of hydrogen-bond donors (Lipinski definition) is 2. The van der Waals surface area contributed by atoms with Crippen LogP contribution in [0.25, 0.3) is 0 Å². The van der Waals surface area contributed by atoms with Gasteiger partial charge in [0.15, 0.2) is 5.82 Å². The number of halogens is 1. The Kier molecular flexibility index (Phi) is 4.73. The zero-order chi connectivity index (χ0) is 14.4. The third-order valence-electron chi connectivity index (χ3n) is 2.47. The minimum Gasteiger partial charge on any atom is -0.453 e. The van der Waals surface area contributed by atoms with Gasteiger partial charge in [-0.05, 0) is 29.8 Å². The molecule has 2 aromatic rings. The Morgan fingerprint density at radius 3 is 2.40 bits per heavy atom. The number of aromatic nitrogens is 2. The quantitative estimate of drug-likeness (QED) is 0.906. The van der Waals surface area contributed by atoms with Crippen LogP contribution in [0.2, 0.25) is 5.02 Å². The smallest absolute Gasteiger partial charge is 0.412 e. The zero-order valence-corrected chi connectivity index (χ0v) is 11.5. The summed E-state index contributed by atoms with van der Waals surface area (Å²) in [6.45, 7) is 0.607. The number of carbonyl (C=O) groups excluding carboxylic acids is 1. The monoisotopic (exact) mass is 292 g/mol. The van der Waals surface area contributed by atoms with E-state index in [0.717, 1.165) is 5.56 Å². The van der Waals surface area contributed by atoms with Gasteiger partial charge in [0, 0.05) is 11.6 Å². The Labute approximate surface area is 121 Å². The van der Waals surface area contributed by atoms with Crippen molar-refractivity contribution in [1.82, 2.24) is 10.2 Å². The van der Waals surface area contributed by atoms with Gasteiger partial charge >= 0.3 is 6.09 Å². The molecule has 0 radical (unpaired) electrons. The molecular weight excluding hydrogens is 280 g/mol. The molecule has 0 saturated heterocycles. The van der Waals surface area contributed by atoms with Crippen LogP contribution in [0.15, 0.2) is 36.4 Å². The van der Waals surface area contributed by atoms with E-state index in [9.17, 15) is 4.79 Å². The van der Waals surface area contributed by atoms with Gasteiger partial charge in [0.1, 0.15) is 5.82 Å². The van der Waals surface area contributed by atoms with E-state index >= 15 is 0 Å². The number of nitrogens with zero attached hydrogens (tertiary/aromatic N) is 2. The van der Waals surface area contributed by atoms with Crippen LogP contribution in [0.4, 0.5) is 16.4 Å². The van der Waals surface area contributed by atoms with E-state index in [1.165, 1.54) is 7.11 Å². The fourth-order valence-corrected chi connectivity index (χ4v) is 1.57. The number of nitrogens with one attached hydrogen (secondary N) is 2. The van der Waals surface area contributed by atoms with Crippen molar-refractivity contribution in [2.75, 3.05) is 17.7 Å². The van der Waals surface area contributed by atoms with Crippen LogP contribution < -0.4 is 10.6 Å². The Bertz CT molecular complexity index is 572. The average molecular weight is 293 g/mol. The van der Waals surface area contributed by atoms with Crippen molar-refractivity contribution in [1.29, 1.82) is 0 Å². The maximum atomic E-state index is 11.0. The lowest BCUT2D eigenvalue weighted by molar-refractivity contribution is 0.187. The summed E-state index contributed by atoms with van der Waals surface area (Å²) < 4.78 is 4.46. The molecular formula is C13H13ClN4O2. The maximum Gasteiger partial charge on any atom is 0.412 e. The van der Waals surface area contributed by atoms with Crippen LogP contribution >= 0.6 is 11.6 Å². The van der Waals surface area contributed by atoms with Crippen molar-refractivity contribution >= 4 is 29.3 Å². The summed E-state index contributed by atoms with van der Waals surface area (Å²) in [4.78, 5) is 11.0. The minimum absolute atomic E-state index is 0.328. The third kappa shape index (κ3) is 4.10. The Morgan fingerprint density at radius 1 is 1.15 bits per heavy atom. The molecule has 0 spiro atoms.